The molecule has 0 radical (unpaired) electrons. The second-order valence-corrected chi connectivity index (χ2v) is 6.81. The molecule has 0 aromatic heterocycles. The standard InChI is InChI=1S/C17H19NO3/c1-20-10-4-2-9(3-5-10)18-8-13-14(17(18)19)16-12-7-6-11(12)15(13)21-16/h2-5,11-16H,6-8H2,1H3/t11-,12+,13-,14+,15+,16-/m0/s1. The number of fused-ring (bicyclic) bond motifs is 8. The maximum absolute atomic E-state index is 12.8. The van der Waals surface area contributed by atoms with Gasteiger partial charge >= 0.3 is 0 Å². The van der Waals surface area contributed by atoms with Gasteiger partial charge in [0.15, 0.2) is 0 Å². The third-order valence-electron chi connectivity index (χ3n) is 6.11. The van der Waals surface area contributed by atoms with E-state index >= 15 is 0 Å². The summed E-state index contributed by atoms with van der Waals surface area (Å²) in [6.45, 7) is 0.820. The van der Waals surface area contributed by atoms with E-state index in [4.69, 9.17) is 9.47 Å². The number of amides is 1. The monoisotopic (exact) mass is 285 g/mol. The number of rotatable bonds is 2. The molecule has 1 aliphatic carbocycles. The van der Waals surface area contributed by atoms with Gasteiger partial charge in [0.2, 0.25) is 5.91 Å². The first kappa shape index (κ1) is 12.0. The Bertz CT molecular complexity index is 599. The highest BCUT2D eigenvalue weighted by atomic mass is 16.5. The Morgan fingerprint density at radius 2 is 1.81 bits per heavy atom. The minimum Gasteiger partial charge on any atom is -0.497 e. The van der Waals surface area contributed by atoms with Crippen LogP contribution in [-0.2, 0) is 9.53 Å². The van der Waals surface area contributed by atoms with Crippen LogP contribution in [0.2, 0.25) is 0 Å². The van der Waals surface area contributed by atoms with Gasteiger partial charge < -0.3 is 14.4 Å². The Morgan fingerprint density at radius 1 is 1.10 bits per heavy atom. The molecule has 2 bridgehead atoms. The molecule has 1 amide bonds. The van der Waals surface area contributed by atoms with Gasteiger partial charge in [-0.2, -0.15) is 0 Å². The highest BCUT2D eigenvalue weighted by molar-refractivity contribution is 5.98. The molecule has 5 rings (SSSR count). The summed E-state index contributed by atoms with van der Waals surface area (Å²) in [5, 5.41) is 0. The molecular formula is C17H19NO3. The summed E-state index contributed by atoms with van der Waals surface area (Å²) >= 11 is 0. The summed E-state index contributed by atoms with van der Waals surface area (Å²) in [6.07, 6.45) is 3.09. The Kier molecular flexibility index (Phi) is 2.30. The van der Waals surface area contributed by atoms with Gasteiger partial charge in [0.1, 0.15) is 5.75 Å². The van der Waals surface area contributed by atoms with E-state index in [1.54, 1.807) is 7.11 Å². The number of ether oxygens (including phenoxy) is 2. The zero-order valence-electron chi connectivity index (χ0n) is 12.1. The van der Waals surface area contributed by atoms with Crippen LogP contribution in [0.1, 0.15) is 12.8 Å². The van der Waals surface area contributed by atoms with Crippen molar-refractivity contribution < 1.29 is 14.3 Å². The van der Waals surface area contributed by atoms with E-state index in [1.165, 1.54) is 12.8 Å². The van der Waals surface area contributed by atoms with Gasteiger partial charge in [-0.05, 0) is 48.9 Å². The van der Waals surface area contributed by atoms with Crippen molar-refractivity contribution in [3.63, 3.8) is 0 Å². The maximum atomic E-state index is 12.8. The molecule has 3 saturated heterocycles. The summed E-state index contributed by atoms with van der Waals surface area (Å²) in [7, 11) is 1.66. The van der Waals surface area contributed by atoms with Gasteiger partial charge in [-0.15, -0.1) is 0 Å². The number of anilines is 1. The van der Waals surface area contributed by atoms with Crippen LogP contribution in [0.25, 0.3) is 0 Å². The average Bonchev–Trinajstić information content (AvgIpc) is 3.06. The van der Waals surface area contributed by atoms with Crippen LogP contribution in [0.15, 0.2) is 24.3 Å². The fourth-order valence-electron chi connectivity index (χ4n) is 4.98. The molecular weight excluding hydrogens is 266 g/mol. The van der Waals surface area contributed by atoms with E-state index in [2.05, 4.69) is 0 Å². The van der Waals surface area contributed by atoms with Crippen LogP contribution in [0.4, 0.5) is 5.69 Å². The van der Waals surface area contributed by atoms with Crippen molar-refractivity contribution in [1.29, 1.82) is 0 Å². The molecule has 1 saturated carbocycles. The Hall–Kier alpha value is -1.55. The van der Waals surface area contributed by atoms with Crippen LogP contribution in [0, 0.1) is 23.7 Å². The number of hydrogen-bond donors (Lipinski definition) is 0. The molecule has 4 heteroatoms. The molecule has 21 heavy (non-hydrogen) atoms. The molecule has 3 heterocycles. The van der Waals surface area contributed by atoms with Crippen LogP contribution in [0.3, 0.4) is 0 Å². The maximum Gasteiger partial charge on any atom is 0.233 e. The molecule has 1 aromatic carbocycles. The predicted molar refractivity (Wildman–Crippen MR) is 77.2 cm³/mol. The highest BCUT2D eigenvalue weighted by Crippen LogP contribution is 2.60. The lowest BCUT2D eigenvalue weighted by molar-refractivity contribution is -0.123. The number of benzene rings is 1. The second kappa shape index (κ2) is 4.01. The molecule has 0 unspecified atom stereocenters. The quantitative estimate of drug-likeness (QED) is 0.835. The molecule has 4 nitrogen and oxygen atoms in total. The number of carbonyl (C=O) groups excluding carboxylic acids is 1. The third-order valence-corrected chi connectivity index (χ3v) is 6.11. The normalized spacial score (nSPS) is 42.7. The van der Waals surface area contributed by atoms with Gasteiger partial charge in [0, 0.05) is 18.2 Å². The first-order chi connectivity index (χ1) is 10.3. The first-order valence-corrected chi connectivity index (χ1v) is 7.89. The van der Waals surface area contributed by atoms with Crippen molar-refractivity contribution in [3.8, 4) is 5.75 Å². The molecule has 6 atom stereocenters. The van der Waals surface area contributed by atoms with E-state index in [0.29, 0.717) is 17.9 Å². The summed E-state index contributed by atoms with van der Waals surface area (Å²) in [4.78, 5) is 14.8. The third kappa shape index (κ3) is 1.41. The highest BCUT2D eigenvalue weighted by Gasteiger charge is 2.67. The Balaban J connectivity index is 1.44. The molecule has 110 valence electrons. The lowest BCUT2D eigenvalue weighted by Crippen LogP contribution is -2.45. The minimum atomic E-state index is 0.110. The smallest absolute Gasteiger partial charge is 0.233 e. The molecule has 1 aromatic rings. The second-order valence-electron chi connectivity index (χ2n) is 6.81. The SMILES string of the molecule is COc1ccc(N2C[C@@H]3[C@@H]4O[C@@H]([C@@H]5CC[C@@H]54)[C@@H]3C2=O)cc1. The number of carbonyl (C=O) groups is 1. The molecule has 3 aliphatic heterocycles. The van der Waals surface area contributed by atoms with Crippen molar-refractivity contribution in [2.45, 2.75) is 25.0 Å². The average molecular weight is 285 g/mol. The van der Waals surface area contributed by atoms with Crippen LogP contribution < -0.4 is 9.64 Å². The summed E-state index contributed by atoms with van der Waals surface area (Å²) < 4.78 is 11.3. The van der Waals surface area contributed by atoms with Crippen molar-refractivity contribution in [2.75, 3.05) is 18.6 Å². The van der Waals surface area contributed by atoms with E-state index in [1.807, 2.05) is 29.2 Å². The van der Waals surface area contributed by atoms with Gasteiger partial charge in [-0.1, -0.05) is 0 Å². The largest absolute Gasteiger partial charge is 0.497 e. The van der Waals surface area contributed by atoms with Gasteiger partial charge in [0.05, 0.1) is 25.2 Å². The van der Waals surface area contributed by atoms with Crippen molar-refractivity contribution in [3.05, 3.63) is 24.3 Å². The van der Waals surface area contributed by atoms with Crippen molar-refractivity contribution in [2.24, 2.45) is 23.7 Å². The van der Waals surface area contributed by atoms with Gasteiger partial charge in [-0.25, -0.2) is 0 Å². The first-order valence-electron chi connectivity index (χ1n) is 7.89. The number of methoxy groups -OCH3 is 1. The predicted octanol–water partition coefficient (Wildman–Crippen LogP) is 2.08. The van der Waals surface area contributed by atoms with Crippen LogP contribution in [0.5, 0.6) is 5.75 Å². The molecule has 4 aliphatic rings. The fraction of sp³-hybridized carbons (Fsp3) is 0.588. The minimum absolute atomic E-state index is 0.110. The molecule has 4 fully saturated rings. The lowest BCUT2D eigenvalue weighted by Gasteiger charge is -2.40. The molecule has 0 N–H and O–H groups in total. The summed E-state index contributed by atoms with van der Waals surface area (Å²) in [5.41, 5.74) is 0.988. The summed E-state index contributed by atoms with van der Waals surface area (Å²) in [6, 6.07) is 7.81. The Morgan fingerprint density at radius 3 is 2.48 bits per heavy atom. The summed E-state index contributed by atoms with van der Waals surface area (Å²) in [5.74, 6) is 3.01. The van der Waals surface area contributed by atoms with E-state index < -0.39 is 0 Å². The zero-order chi connectivity index (χ0) is 14.1. The topological polar surface area (TPSA) is 38.8 Å². The lowest BCUT2D eigenvalue weighted by atomic mass is 9.60. The fourth-order valence-corrected chi connectivity index (χ4v) is 4.98. The van der Waals surface area contributed by atoms with Gasteiger partial charge in [0.25, 0.3) is 0 Å². The van der Waals surface area contributed by atoms with Crippen LogP contribution >= 0.6 is 0 Å². The van der Waals surface area contributed by atoms with Crippen LogP contribution in [-0.4, -0.2) is 31.8 Å². The van der Waals surface area contributed by atoms with E-state index in [9.17, 15) is 4.79 Å². The van der Waals surface area contributed by atoms with Crippen molar-refractivity contribution in [1.82, 2.24) is 0 Å². The van der Waals surface area contributed by atoms with Gasteiger partial charge in [-0.3, -0.25) is 4.79 Å². The molecule has 0 spiro atoms. The number of nitrogens with zero attached hydrogens (tertiary/aromatic N) is 1. The van der Waals surface area contributed by atoms with Crippen molar-refractivity contribution >= 4 is 11.6 Å². The van der Waals surface area contributed by atoms with E-state index in [-0.39, 0.29) is 17.9 Å². The zero-order valence-corrected chi connectivity index (χ0v) is 12.1. The van der Waals surface area contributed by atoms with E-state index in [0.717, 1.165) is 23.9 Å². The number of hydrogen-bond acceptors (Lipinski definition) is 3. The Labute approximate surface area is 124 Å².